The van der Waals surface area contributed by atoms with E-state index in [-0.39, 0.29) is 23.6 Å². The molecule has 0 bridgehead atoms. The number of aromatic nitrogens is 1. The van der Waals surface area contributed by atoms with Crippen LogP contribution in [0.1, 0.15) is 52.2 Å². The predicted molar refractivity (Wildman–Crippen MR) is 132 cm³/mol. The van der Waals surface area contributed by atoms with Gasteiger partial charge in [-0.2, -0.15) is 0 Å². The van der Waals surface area contributed by atoms with Gasteiger partial charge in [0, 0.05) is 18.9 Å². The van der Waals surface area contributed by atoms with Crippen LogP contribution in [0.3, 0.4) is 0 Å². The first-order valence-corrected chi connectivity index (χ1v) is 11.8. The highest BCUT2D eigenvalue weighted by Crippen LogP contribution is 2.47. The smallest absolute Gasteiger partial charge is 0.413 e. The SMILES string of the molecule is Cc1cc(NC(=O)C(=O)N2C[C@@H](C)C(F)(F)C[C@@]2(C)c2ccc(F)cc2)cnc1NC(=O)OC(C)(C)C. The molecule has 200 valence electrons. The van der Waals surface area contributed by atoms with Gasteiger partial charge in [-0.05, 0) is 63.9 Å². The summed E-state index contributed by atoms with van der Waals surface area (Å²) in [6.07, 6.45) is -0.180. The molecule has 2 heterocycles. The molecule has 1 fully saturated rings. The summed E-state index contributed by atoms with van der Waals surface area (Å²) in [4.78, 5) is 43.4. The molecule has 2 atom stereocenters. The van der Waals surface area contributed by atoms with Crippen molar-refractivity contribution < 1.29 is 32.3 Å². The number of ether oxygens (including phenoxy) is 1. The maximum Gasteiger partial charge on any atom is 0.413 e. The number of carbonyl (C=O) groups is 3. The fourth-order valence-corrected chi connectivity index (χ4v) is 4.19. The Balaban J connectivity index is 1.80. The van der Waals surface area contributed by atoms with Crippen molar-refractivity contribution in [3.8, 4) is 0 Å². The number of nitrogens with zero attached hydrogens (tertiary/aromatic N) is 2. The van der Waals surface area contributed by atoms with Crippen LogP contribution in [-0.4, -0.2) is 45.9 Å². The van der Waals surface area contributed by atoms with Crippen molar-refractivity contribution in [2.45, 2.75) is 65.0 Å². The molecule has 2 aromatic rings. The van der Waals surface area contributed by atoms with E-state index in [1.807, 2.05) is 0 Å². The molecule has 0 spiro atoms. The van der Waals surface area contributed by atoms with Crippen molar-refractivity contribution in [2.24, 2.45) is 5.92 Å². The number of anilines is 2. The summed E-state index contributed by atoms with van der Waals surface area (Å²) in [7, 11) is 0. The Hall–Kier alpha value is -3.63. The number of alkyl halides is 2. The number of benzene rings is 1. The third kappa shape index (κ3) is 6.39. The van der Waals surface area contributed by atoms with Crippen molar-refractivity contribution in [2.75, 3.05) is 17.2 Å². The first-order valence-electron chi connectivity index (χ1n) is 11.8. The topological polar surface area (TPSA) is 101 Å². The summed E-state index contributed by atoms with van der Waals surface area (Å²) >= 11 is 0. The van der Waals surface area contributed by atoms with Gasteiger partial charge < -0.3 is 15.0 Å². The van der Waals surface area contributed by atoms with E-state index >= 15 is 0 Å². The Kier molecular flexibility index (Phi) is 7.57. The van der Waals surface area contributed by atoms with Crippen molar-refractivity contribution in [1.29, 1.82) is 0 Å². The minimum atomic E-state index is -3.10. The maximum absolute atomic E-state index is 14.7. The second-order valence-electron chi connectivity index (χ2n) is 10.5. The van der Waals surface area contributed by atoms with E-state index in [0.717, 1.165) is 17.0 Å². The van der Waals surface area contributed by atoms with E-state index in [1.165, 1.54) is 38.2 Å². The molecule has 1 aliphatic rings. The number of likely N-dealkylation sites (tertiary alicyclic amines) is 1. The van der Waals surface area contributed by atoms with Gasteiger partial charge in [0.1, 0.15) is 17.2 Å². The molecule has 11 heteroatoms. The predicted octanol–water partition coefficient (Wildman–Crippen LogP) is 5.23. The van der Waals surface area contributed by atoms with Gasteiger partial charge in [-0.15, -0.1) is 0 Å². The number of pyridine rings is 1. The van der Waals surface area contributed by atoms with Crippen molar-refractivity contribution in [3.63, 3.8) is 0 Å². The zero-order valence-corrected chi connectivity index (χ0v) is 21.6. The fourth-order valence-electron chi connectivity index (χ4n) is 4.19. The molecule has 1 saturated heterocycles. The lowest BCUT2D eigenvalue weighted by molar-refractivity contribution is -0.172. The highest BCUT2D eigenvalue weighted by Gasteiger charge is 2.54. The number of amides is 3. The second kappa shape index (κ2) is 10.0. The Morgan fingerprint density at radius 1 is 1.14 bits per heavy atom. The van der Waals surface area contributed by atoms with Crippen LogP contribution in [-0.2, 0) is 19.9 Å². The first-order chi connectivity index (χ1) is 17.0. The molecule has 1 aromatic heterocycles. The zero-order chi connectivity index (χ0) is 27.8. The van der Waals surface area contributed by atoms with Gasteiger partial charge in [-0.3, -0.25) is 14.9 Å². The highest BCUT2D eigenvalue weighted by molar-refractivity contribution is 6.39. The van der Waals surface area contributed by atoms with Crippen LogP contribution in [0, 0.1) is 18.7 Å². The number of piperidine rings is 1. The van der Waals surface area contributed by atoms with E-state index in [1.54, 1.807) is 27.7 Å². The quantitative estimate of drug-likeness (QED) is 0.540. The minimum Gasteiger partial charge on any atom is -0.444 e. The van der Waals surface area contributed by atoms with E-state index in [0.29, 0.717) is 5.56 Å². The molecule has 0 radical (unpaired) electrons. The molecule has 0 unspecified atom stereocenters. The lowest BCUT2D eigenvalue weighted by Gasteiger charge is -2.50. The Morgan fingerprint density at radius 2 is 1.76 bits per heavy atom. The Bertz CT molecular complexity index is 1200. The monoisotopic (exact) mass is 520 g/mol. The molecule has 1 aliphatic heterocycles. The third-order valence-electron chi connectivity index (χ3n) is 6.21. The van der Waals surface area contributed by atoms with Crippen molar-refractivity contribution in [3.05, 3.63) is 53.5 Å². The average Bonchev–Trinajstić information content (AvgIpc) is 2.76. The number of hydrogen-bond acceptors (Lipinski definition) is 5. The number of carbonyl (C=O) groups excluding carboxylic acids is 3. The molecule has 2 N–H and O–H groups in total. The van der Waals surface area contributed by atoms with Crippen molar-refractivity contribution in [1.82, 2.24) is 9.88 Å². The average molecular weight is 521 g/mol. The van der Waals surface area contributed by atoms with Gasteiger partial charge in [0.2, 0.25) is 0 Å². The normalized spacial score (nSPS) is 21.2. The van der Waals surface area contributed by atoms with E-state index in [2.05, 4.69) is 15.6 Å². The minimum absolute atomic E-state index is 0.171. The summed E-state index contributed by atoms with van der Waals surface area (Å²) in [5.74, 6) is -6.70. The van der Waals surface area contributed by atoms with Crippen LogP contribution in [0.2, 0.25) is 0 Å². The molecular weight excluding hydrogens is 489 g/mol. The first kappa shape index (κ1) is 27.9. The van der Waals surface area contributed by atoms with Gasteiger partial charge in [-0.1, -0.05) is 19.1 Å². The van der Waals surface area contributed by atoms with Gasteiger partial charge >= 0.3 is 17.9 Å². The fraction of sp³-hybridized carbons (Fsp3) is 0.462. The Labute approximate surface area is 213 Å². The van der Waals surface area contributed by atoms with Gasteiger partial charge in [0.25, 0.3) is 5.92 Å². The lowest BCUT2D eigenvalue weighted by Crippen LogP contribution is -2.60. The maximum atomic E-state index is 14.7. The zero-order valence-electron chi connectivity index (χ0n) is 21.6. The second-order valence-corrected chi connectivity index (χ2v) is 10.5. The largest absolute Gasteiger partial charge is 0.444 e. The molecule has 1 aromatic carbocycles. The standard InChI is InChI=1S/C26H31F3N4O4/c1-15-11-19(12-30-20(15)32-23(36)37-24(3,4)5)31-21(34)22(35)33-13-16(2)26(28,29)14-25(33,6)17-7-9-18(27)10-8-17/h7-12,16H,13-14H2,1-6H3,(H,31,34)(H,30,32,36)/t16-,25+/m1/s1. The van der Waals surface area contributed by atoms with E-state index in [9.17, 15) is 27.6 Å². The number of aryl methyl sites for hydroxylation is 1. The summed E-state index contributed by atoms with van der Waals surface area (Å²) in [5.41, 5.74) is -1.31. The number of nitrogens with one attached hydrogen (secondary N) is 2. The number of rotatable bonds is 3. The van der Waals surface area contributed by atoms with Crippen molar-refractivity contribution >= 4 is 29.4 Å². The van der Waals surface area contributed by atoms with E-state index in [4.69, 9.17) is 4.74 Å². The molecule has 8 nitrogen and oxygen atoms in total. The van der Waals surface area contributed by atoms with Gasteiger partial charge in [0.05, 0.1) is 17.4 Å². The van der Waals surface area contributed by atoms with Crippen LogP contribution < -0.4 is 10.6 Å². The van der Waals surface area contributed by atoms with E-state index < -0.39 is 53.1 Å². The van der Waals surface area contributed by atoms with Crippen LogP contribution in [0.15, 0.2) is 36.5 Å². The summed E-state index contributed by atoms with van der Waals surface area (Å²) in [5, 5.41) is 4.96. The van der Waals surface area contributed by atoms with Crippen LogP contribution in [0.25, 0.3) is 0 Å². The summed E-state index contributed by atoms with van der Waals surface area (Å²) in [6, 6.07) is 6.42. The molecule has 3 rings (SSSR count). The van der Waals surface area contributed by atoms with Gasteiger partial charge in [-0.25, -0.2) is 22.9 Å². The summed E-state index contributed by atoms with van der Waals surface area (Å²) < 4.78 is 48.2. The van der Waals surface area contributed by atoms with Gasteiger partial charge in [0.15, 0.2) is 0 Å². The molecule has 3 amide bonds. The number of halogens is 3. The Morgan fingerprint density at radius 3 is 2.32 bits per heavy atom. The molecule has 0 saturated carbocycles. The summed E-state index contributed by atoms with van der Waals surface area (Å²) in [6.45, 7) is 9.16. The molecule has 0 aliphatic carbocycles. The van der Waals surface area contributed by atoms with Crippen LogP contribution in [0.4, 0.5) is 29.5 Å². The van der Waals surface area contributed by atoms with Crippen LogP contribution >= 0.6 is 0 Å². The molecular formula is C26H31F3N4O4. The lowest BCUT2D eigenvalue weighted by atomic mass is 9.76. The number of hydrogen-bond donors (Lipinski definition) is 2. The van der Waals surface area contributed by atoms with Crippen LogP contribution in [0.5, 0.6) is 0 Å². The molecule has 37 heavy (non-hydrogen) atoms. The third-order valence-corrected chi connectivity index (χ3v) is 6.21. The highest BCUT2D eigenvalue weighted by atomic mass is 19.3.